The molecule has 144 valence electrons. The van der Waals surface area contributed by atoms with Gasteiger partial charge in [0.25, 0.3) is 0 Å². The van der Waals surface area contributed by atoms with Gasteiger partial charge in [-0.3, -0.25) is 9.89 Å². The fourth-order valence-electron chi connectivity index (χ4n) is 4.25. The van der Waals surface area contributed by atoms with E-state index in [1.165, 1.54) is 37.9 Å². The monoisotopic (exact) mass is 357 g/mol. The van der Waals surface area contributed by atoms with Crippen LogP contribution in [0, 0.1) is 5.92 Å². The van der Waals surface area contributed by atoms with Gasteiger partial charge in [0.05, 0.1) is 0 Å². The number of benzene rings is 1. The maximum atomic E-state index is 6.09. The SMILES string of the molecule is CCN1CCCC1CNC(N)=NCC1CCN(CCc2ccccc2)C1. The molecule has 26 heavy (non-hydrogen) atoms. The molecule has 2 fully saturated rings. The Kier molecular flexibility index (Phi) is 7.32. The van der Waals surface area contributed by atoms with Gasteiger partial charge in [0.15, 0.2) is 5.96 Å². The van der Waals surface area contributed by atoms with Gasteiger partial charge >= 0.3 is 0 Å². The number of guanidine groups is 1. The number of rotatable bonds is 8. The molecule has 2 heterocycles. The second kappa shape index (κ2) is 9.93. The van der Waals surface area contributed by atoms with Crippen LogP contribution in [0.15, 0.2) is 35.3 Å². The molecule has 0 aliphatic carbocycles. The molecule has 0 radical (unpaired) electrons. The standard InChI is InChI=1S/C21H35N5/c1-2-26-12-6-9-20(26)16-24-21(22)23-15-19-11-14-25(17-19)13-10-18-7-4-3-5-8-18/h3-5,7-8,19-20H,2,6,9-17H2,1H3,(H3,22,23,24). The van der Waals surface area contributed by atoms with Crippen molar-refractivity contribution in [2.45, 2.75) is 38.6 Å². The zero-order chi connectivity index (χ0) is 18.2. The lowest BCUT2D eigenvalue weighted by Gasteiger charge is -2.23. The number of hydrogen-bond acceptors (Lipinski definition) is 3. The molecule has 3 rings (SSSR count). The number of hydrogen-bond donors (Lipinski definition) is 2. The molecule has 0 spiro atoms. The van der Waals surface area contributed by atoms with Crippen molar-refractivity contribution in [2.24, 2.45) is 16.6 Å². The zero-order valence-electron chi connectivity index (χ0n) is 16.2. The lowest BCUT2D eigenvalue weighted by molar-refractivity contribution is 0.267. The van der Waals surface area contributed by atoms with Crippen molar-refractivity contribution in [3.63, 3.8) is 0 Å². The number of nitrogens with one attached hydrogen (secondary N) is 1. The van der Waals surface area contributed by atoms with Crippen molar-refractivity contribution in [2.75, 3.05) is 45.8 Å². The number of aliphatic imine (C=N–C) groups is 1. The average molecular weight is 358 g/mol. The minimum Gasteiger partial charge on any atom is -0.370 e. The molecule has 1 aromatic carbocycles. The van der Waals surface area contributed by atoms with E-state index in [0.717, 1.165) is 39.1 Å². The molecule has 2 aliphatic rings. The number of nitrogens with two attached hydrogens (primary N) is 1. The van der Waals surface area contributed by atoms with Gasteiger partial charge in [-0.2, -0.15) is 0 Å². The first-order chi connectivity index (χ1) is 12.7. The molecule has 2 atom stereocenters. The summed E-state index contributed by atoms with van der Waals surface area (Å²) >= 11 is 0. The van der Waals surface area contributed by atoms with Crippen LogP contribution in [0.1, 0.15) is 31.7 Å². The van der Waals surface area contributed by atoms with Crippen LogP contribution >= 0.6 is 0 Å². The van der Waals surface area contributed by atoms with E-state index in [-0.39, 0.29) is 0 Å². The van der Waals surface area contributed by atoms with Gasteiger partial charge in [0.2, 0.25) is 0 Å². The quantitative estimate of drug-likeness (QED) is 0.551. The van der Waals surface area contributed by atoms with Crippen molar-refractivity contribution in [3.8, 4) is 0 Å². The number of likely N-dealkylation sites (N-methyl/N-ethyl adjacent to an activating group) is 1. The van der Waals surface area contributed by atoms with E-state index in [4.69, 9.17) is 5.73 Å². The van der Waals surface area contributed by atoms with Crippen molar-refractivity contribution in [1.82, 2.24) is 15.1 Å². The zero-order valence-corrected chi connectivity index (χ0v) is 16.2. The minimum absolute atomic E-state index is 0.619. The first-order valence-corrected chi connectivity index (χ1v) is 10.3. The highest BCUT2D eigenvalue weighted by molar-refractivity contribution is 5.77. The molecule has 2 saturated heterocycles. The molecule has 2 unspecified atom stereocenters. The number of nitrogens with zero attached hydrogens (tertiary/aromatic N) is 3. The van der Waals surface area contributed by atoms with Gasteiger partial charge in [-0.15, -0.1) is 0 Å². The van der Waals surface area contributed by atoms with E-state index in [1.54, 1.807) is 0 Å². The Bertz CT molecular complexity index is 559. The Morgan fingerprint density at radius 2 is 2.08 bits per heavy atom. The smallest absolute Gasteiger partial charge is 0.188 e. The molecule has 0 amide bonds. The summed E-state index contributed by atoms with van der Waals surface area (Å²) in [4.78, 5) is 9.70. The highest BCUT2D eigenvalue weighted by atomic mass is 15.2. The summed E-state index contributed by atoms with van der Waals surface area (Å²) in [6, 6.07) is 11.4. The van der Waals surface area contributed by atoms with E-state index in [9.17, 15) is 0 Å². The predicted molar refractivity (Wildman–Crippen MR) is 109 cm³/mol. The van der Waals surface area contributed by atoms with Crippen LogP contribution in [-0.4, -0.2) is 67.6 Å². The van der Waals surface area contributed by atoms with Gasteiger partial charge in [-0.05, 0) is 56.8 Å². The summed E-state index contributed by atoms with van der Waals surface area (Å²) in [5.74, 6) is 1.26. The Labute approximate surface area is 158 Å². The Hall–Kier alpha value is -1.59. The third-order valence-electron chi connectivity index (χ3n) is 5.87. The molecule has 5 nitrogen and oxygen atoms in total. The van der Waals surface area contributed by atoms with Crippen LogP contribution in [0.5, 0.6) is 0 Å². The van der Waals surface area contributed by atoms with Crippen molar-refractivity contribution in [1.29, 1.82) is 0 Å². The van der Waals surface area contributed by atoms with Gasteiger partial charge in [0, 0.05) is 32.2 Å². The van der Waals surface area contributed by atoms with Crippen LogP contribution in [0.4, 0.5) is 0 Å². The summed E-state index contributed by atoms with van der Waals surface area (Å²) in [6.45, 7) is 9.85. The van der Waals surface area contributed by atoms with Crippen LogP contribution in [0.2, 0.25) is 0 Å². The molecule has 0 aromatic heterocycles. The molecule has 0 bridgehead atoms. The largest absolute Gasteiger partial charge is 0.370 e. The molecule has 3 N–H and O–H groups in total. The van der Waals surface area contributed by atoms with E-state index in [1.807, 2.05) is 0 Å². The topological polar surface area (TPSA) is 56.9 Å². The minimum atomic E-state index is 0.619. The fraction of sp³-hybridized carbons (Fsp3) is 0.667. The maximum absolute atomic E-state index is 6.09. The lowest BCUT2D eigenvalue weighted by atomic mass is 10.1. The average Bonchev–Trinajstić information content (AvgIpc) is 3.32. The summed E-state index contributed by atoms with van der Waals surface area (Å²) in [6.07, 6.45) is 4.94. The fourth-order valence-corrected chi connectivity index (χ4v) is 4.25. The summed E-state index contributed by atoms with van der Waals surface area (Å²) in [7, 11) is 0. The molecule has 5 heteroatoms. The Balaban J connectivity index is 1.33. The summed E-state index contributed by atoms with van der Waals surface area (Å²) < 4.78 is 0. The normalized spacial score (nSPS) is 25.0. The second-order valence-corrected chi connectivity index (χ2v) is 7.72. The van der Waals surface area contributed by atoms with Gasteiger partial charge < -0.3 is 16.0 Å². The molecular weight excluding hydrogens is 322 g/mol. The third kappa shape index (κ3) is 5.71. The maximum Gasteiger partial charge on any atom is 0.188 e. The van der Waals surface area contributed by atoms with E-state index in [0.29, 0.717) is 17.9 Å². The van der Waals surface area contributed by atoms with Crippen LogP contribution in [-0.2, 0) is 6.42 Å². The van der Waals surface area contributed by atoms with Gasteiger partial charge in [-0.1, -0.05) is 37.3 Å². The second-order valence-electron chi connectivity index (χ2n) is 7.72. The third-order valence-corrected chi connectivity index (χ3v) is 5.87. The molecule has 2 aliphatic heterocycles. The Morgan fingerprint density at radius 3 is 2.88 bits per heavy atom. The molecule has 0 saturated carbocycles. The van der Waals surface area contributed by atoms with E-state index < -0.39 is 0 Å². The van der Waals surface area contributed by atoms with Crippen LogP contribution < -0.4 is 11.1 Å². The lowest BCUT2D eigenvalue weighted by Crippen LogP contribution is -2.43. The van der Waals surface area contributed by atoms with Crippen LogP contribution in [0.25, 0.3) is 0 Å². The van der Waals surface area contributed by atoms with E-state index in [2.05, 4.69) is 57.4 Å². The van der Waals surface area contributed by atoms with Crippen LogP contribution in [0.3, 0.4) is 0 Å². The highest BCUT2D eigenvalue weighted by Crippen LogP contribution is 2.17. The van der Waals surface area contributed by atoms with Gasteiger partial charge in [0.1, 0.15) is 0 Å². The van der Waals surface area contributed by atoms with E-state index >= 15 is 0 Å². The van der Waals surface area contributed by atoms with Crippen molar-refractivity contribution < 1.29 is 0 Å². The predicted octanol–water partition coefficient (Wildman–Crippen LogP) is 1.94. The highest BCUT2D eigenvalue weighted by Gasteiger charge is 2.23. The number of likely N-dealkylation sites (tertiary alicyclic amines) is 2. The first kappa shape index (κ1) is 19.2. The van der Waals surface area contributed by atoms with Crippen molar-refractivity contribution >= 4 is 5.96 Å². The molecule has 1 aromatic rings. The Morgan fingerprint density at radius 1 is 1.23 bits per heavy atom. The van der Waals surface area contributed by atoms with Crippen molar-refractivity contribution in [3.05, 3.63) is 35.9 Å². The van der Waals surface area contributed by atoms with Gasteiger partial charge in [-0.25, -0.2) is 0 Å². The summed E-state index contributed by atoms with van der Waals surface area (Å²) in [5, 5.41) is 3.34. The first-order valence-electron chi connectivity index (χ1n) is 10.3. The summed E-state index contributed by atoms with van der Waals surface area (Å²) in [5.41, 5.74) is 7.52. The molecular formula is C21H35N5.